The quantitative estimate of drug-likeness (QED) is 0.939. The van der Waals surface area contributed by atoms with Crippen molar-refractivity contribution in [1.29, 1.82) is 0 Å². The Kier molecular flexibility index (Phi) is 3.78. The average molecular weight is 289 g/mol. The SMILES string of the molecule is O=S(=O)(NCc1ccccc1)c1cnc(Cl)s1. The Balaban J connectivity index is 2.09. The van der Waals surface area contributed by atoms with Crippen molar-refractivity contribution in [1.82, 2.24) is 9.71 Å². The Morgan fingerprint density at radius 3 is 2.59 bits per heavy atom. The Bertz CT molecular complexity index is 596. The van der Waals surface area contributed by atoms with E-state index in [9.17, 15) is 8.42 Å². The van der Waals surface area contributed by atoms with Crippen molar-refractivity contribution in [2.24, 2.45) is 0 Å². The maximum Gasteiger partial charge on any atom is 0.252 e. The minimum Gasteiger partial charge on any atom is -0.232 e. The molecule has 7 heteroatoms. The lowest BCUT2D eigenvalue weighted by molar-refractivity contribution is 0.583. The predicted molar refractivity (Wildman–Crippen MR) is 67.6 cm³/mol. The number of hydrogen-bond acceptors (Lipinski definition) is 4. The van der Waals surface area contributed by atoms with E-state index in [1.165, 1.54) is 6.20 Å². The van der Waals surface area contributed by atoms with Gasteiger partial charge in [-0.3, -0.25) is 0 Å². The van der Waals surface area contributed by atoms with Crippen LogP contribution < -0.4 is 4.72 Å². The molecule has 0 aliphatic rings. The van der Waals surface area contributed by atoms with Gasteiger partial charge in [-0.25, -0.2) is 18.1 Å². The van der Waals surface area contributed by atoms with Crippen molar-refractivity contribution in [3.63, 3.8) is 0 Å². The van der Waals surface area contributed by atoms with E-state index in [1.807, 2.05) is 30.3 Å². The van der Waals surface area contributed by atoms with Crippen LogP contribution in [0.1, 0.15) is 5.56 Å². The maximum atomic E-state index is 11.8. The first-order valence-corrected chi connectivity index (χ1v) is 7.40. The molecule has 90 valence electrons. The third-order valence-corrected chi connectivity index (χ3v) is 5.01. The fourth-order valence-corrected chi connectivity index (χ4v) is 3.56. The summed E-state index contributed by atoms with van der Waals surface area (Å²) in [5.74, 6) is 0. The van der Waals surface area contributed by atoms with E-state index < -0.39 is 10.0 Å². The standard InChI is InChI=1S/C10H9ClN2O2S2/c11-10-12-7-9(16-10)17(14,15)13-6-8-4-2-1-3-5-8/h1-5,7,13H,6H2. The fraction of sp³-hybridized carbons (Fsp3) is 0.100. The molecule has 4 nitrogen and oxygen atoms in total. The number of sulfonamides is 1. The zero-order chi connectivity index (χ0) is 12.3. The third kappa shape index (κ3) is 3.26. The van der Waals surface area contributed by atoms with Crippen molar-refractivity contribution in [2.75, 3.05) is 0 Å². The van der Waals surface area contributed by atoms with Gasteiger partial charge in [-0.1, -0.05) is 53.3 Å². The summed E-state index contributed by atoms with van der Waals surface area (Å²) in [6, 6.07) is 9.28. The molecule has 0 unspecified atom stereocenters. The topological polar surface area (TPSA) is 59.1 Å². The number of rotatable bonds is 4. The van der Waals surface area contributed by atoms with E-state index in [1.54, 1.807) is 0 Å². The van der Waals surface area contributed by atoms with Crippen LogP contribution in [0, 0.1) is 0 Å². The Morgan fingerprint density at radius 2 is 2.00 bits per heavy atom. The zero-order valence-corrected chi connectivity index (χ0v) is 11.0. The van der Waals surface area contributed by atoms with E-state index in [2.05, 4.69) is 9.71 Å². The minimum atomic E-state index is -3.52. The van der Waals surface area contributed by atoms with Gasteiger partial charge in [-0.15, -0.1) is 0 Å². The maximum absolute atomic E-state index is 11.8. The van der Waals surface area contributed by atoms with Crippen molar-refractivity contribution >= 4 is 33.0 Å². The zero-order valence-electron chi connectivity index (χ0n) is 8.63. The first-order valence-electron chi connectivity index (χ1n) is 4.73. The van der Waals surface area contributed by atoms with Crippen molar-refractivity contribution in [2.45, 2.75) is 10.8 Å². The lowest BCUT2D eigenvalue weighted by Gasteiger charge is -2.03. The van der Waals surface area contributed by atoms with Crippen LogP contribution in [0.15, 0.2) is 40.7 Å². The highest BCUT2D eigenvalue weighted by Crippen LogP contribution is 2.22. The molecule has 0 atom stereocenters. The molecule has 0 bridgehead atoms. The average Bonchev–Trinajstić information content (AvgIpc) is 2.76. The van der Waals surface area contributed by atoms with Crippen molar-refractivity contribution in [3.8, 4) is 0 Å². The van der Waals surface area contributed by atoms with Crippen LogP contribution in [-0.2, 0) is 16.6 Å². The Hall–Kier alpha value is -0.950. The summed E-state index contributed by atoms with van der Waals surface area (Å²) in [5, 5.41) is 0. The summed E-state index contributed by atoms with van der Waals surface area (Å²) in [6.07, 6.45) is 1.25. The first-order chi connectivity index (χ1) is 8.08. The van der Waals surface area contributed by atoms with Gasteiger partial charge < -0.3 is 0 Å². The number of aromatic nitrogens is 1. The molecule has 0 fully saturated rings. The fourth-order valence-electron chi connectivity index (χ4n) is 1.21. The van der Waals surface area contributed by atoms with E-state index in [4.69, 9.17) is 11.6 Å². The van der Waals surface area contributed by atoms with Gasteiger partial charge in [0.05, 0.1) is 6.20 Å². The van der Waals surface area contributed by atoms with Gasteiger partial charge in [0.1, 0.15) is 0 Å². The molecule has 1 aromatic carbocycles. The number of nitrogens with one attached hydrogen (secondary N) is 1. The van der Waals surface area contributed by atoms with Gasteiger partial charge >= 0.3 is 0 Å². The molecule has 17 heavy (non-hydrogen) atoms. The molecule has 0 aliphatic carbocycles. The molecule has 0 saturated heterocycles. The van der Waals surface area contributed by atoms with Gasteiger partial charge in [0.2, 0.25) is 0 Å². The van der Waals surface area contributed by atoms with Gasteiger partial charge in [-0.2, -0.15) is 0 Å². The molecular weight excluding hydrogens is 280 g/mol. The summed E-state index contributed by atoms with van der Waals surface area (Å²) in [6.45, 7) is 0.249. The number of hydrogen-bond donors (Lipinski definition) is 1. The van der Waals surface area contributed by atoms with Crippen LogP contribution in [0.25, 0.3) is 0 Å². The lowest BCUT2D eigenvalue weighted by atomic mass is 10.2. The van der Waals surface area contributed by atoms with Crippen molar-refractivity contribution in [3.05, 3.63) is 46.6 Å². The van der Waals surface area contributed by atoms with Gasteiger partial charge in [-0.05, 0) is 5.56 Å². The summed E-state index contributed by atoms with van der Waals surface area (Å²) < 4.78 is 26.5. The molecule has 2 rings (SSSR count). The molecule has 0 radical (unpaired) electrons. The second kappa shape index (κ2) is 5.14. The molecule has 0 aliphatic heterocycles. The van der Waals surface area contributed by atoms with E-state index >= 15 is 0 Å². The number of nitrogens with zero attached hydrogens (tertiary/aromatic N) is 1. The normalized spacial score (nSPS) is 11.6. The summed E-state index contributed by atoms with van der Waals surface area (Å²) in [4.78, 5) is 3.70. The second-order valence-corrected chi connectivity index (χ2v) is 6.85. The van der Waals surface area contributed by atoms with E-state index in [-0.39, 0.29) is 15.2 Å². The van der Waals surface area contributed by atoms with Gasteiger partial charge in [0, 0.05) is 6.54 Å². The number of thiazole rings is 1. The minimum absolute atomic E-state index is 0.124. The van der Waals surface area contributed by atoms with Gasteiger partial charge in [0.15, 0.2) is 8.68 Å². The smallest absolute Gasteiger partial charge is 0.232 e. The van der Waals surface area contributed by atoms with Crippen LogP contribution in [0.4, 0.5) is 0 Å². The largest absolute Gasteiger partial charge is 0.252 e. The molecule has 0 spiro atoms. The molecule has 0 amide bonds. The number of halogens is 1. The molecule has 1 heterocycles. The van der Waals surface area contributed by atoms with Crippen LogP contribution in [0.5, 0.6) is 0 Å². The molecule has 2 aromatic rings. The van der Waals surface area contributed by atoms with Crippen LogP contribution >= 0.6 is 22.9 Å². The Morgan fingerprint density at radius 1 is 1.29 bits per heavy atom. The summed E-state index contributed by atoms with van der Waals surface area (Å²) in [5.41, 5.74) is 0.895. The lowest BCUT2D eigenvalue weighted by Crippen LogP contribution is -2.22. The predicted octanol–water partition coefficient (Wildman–Crippen LogP) is 2.28. The van der Waals surface area contributed by atoms with E-state index in [0.29, 0.717) is 0 Å². The van der Waals surface area contributed by atoms with Crippen molar-refractivity contribution < 1.29 is 8.42 Å². The molecular formula is C10H9ClN2O2S2. The van der Waals surface area contributed by atoms with Crippen LogP contribution in [-0.4, -0.2) is 13.4 Å². The molecule has 0 saturated carbocycles. The van der Waals surface area contributed by atoms with Gasteiger partial charge in [0.25, 0.3) is 10.0 Å². The highest BCUT2D eigenvalue weighted by molar-refractivity contribution is 7.91. The number of benzene rings is 1. The highest BCUT2D eigenvalue weighted by Gasteiger charge is 2.16. The van der Waals surface area contributed by atoms with Crippen LogP contribution in [0.3, 0.4) is 0 Å². The second-order valence-electron chi connectivity index (χ2n) is 3.24. The van der Waals surface area contributed by atoms with Crippen LogP contribution in [0.2, 0.25) is 4.47 Å². The molecule has 1 aromatic heterocycles. The summed E-state index contributed by atoms with van der Waals surface area (Å²) >= 11 is 6.53. The highest BCUT2D eigenvalue weighted by atomic mass is 35.5. The first kappa shape index (κ1) is 12.5. The Labute approximate surface area is 108 Å². The summed E-state index contributed by atoms with van der Waals surface area (Å²) in [7, 11) is -3.52. The molecule has 1 N–H and O–H groups in total. The third-order valence-electron chi connectivity index (χ3n) is 2.03. The monoisotopic (exact) mass is 288 g/mol. The van der Waals surface area contributed by atoms with E-state index in [0.717, 1.165) is 16.9 Å².